The van der Waals surface area contributed by atoms with E-state index in [9.17, 15) is 9.59 Å². The largest absolute Gasteiger partial charge is 0.356 e. The highest BCUT2D eigenvalue weighted by molar-refractivity contribution is 5.91. The molecule has 2 atom stereocenters. The molecule has 6 nitrogen and oxygen atoms in total. The number of H-pyrrole nitrogens is 1. The third-order valence-electron chi connectivity index (χ3n) is 5.95. The molecule has 2 aromatic carbocycles. The lowest BCUT2D eigenvalue weighted by Crippen LogP contribution is -2.55. The van der Waals surface area contributed by atoms with Crippen molar-refractivity contribution in [3.05, 3.63) is 76.0 Å². The molecular weight excluding hydrogens is 340 g/mol. The van der Waals surface area contributed by atoms with Crippen LogP contribution in [-0.2, 0) is 16.8 Å². The molecule has 0 radical (unpaired) electrons. The van der Waals surface area contributed by atoms with Crippen molar-refractivity contribution in [3.8, 4) is 0 Å². The van der Waals surface area contributed by atoms with Gasteiger partial charge in [-0.2, -0.15) is 0 Å². The molecule has 3 aliphatic heterocycles. The molecule has 132 valence electrons. The van der Waals surface area contributed by atoms with E-state index in [-0.39, 0.29) is 11.5 Å². The van der Waals surface area contributed by atoms with Gasteiger partial charge in [0.25, 0.3) is 5.56 Å². The van der Waals surface area contributed by atoms with Crippen LogP contribution in [0.2, 0.25) is 0 Å². The molecule has 7 rings (SSSR count). The van der Waals surface area contributed by atoms with Gasteiger partial charge in [-0.15, -0.1) is 0 Å². The van der Waals surface area contributed by atoms with Crippen molar-refractivity contribution < 1.29 is 4.79 Å². The van der Waals surface area contributed by atoms with Gasteiger partial charge in [-0.25, -0.2) is 4.98 Å². The lowest BCUT2D eigenvalue weighted by atomic mass is 9.93. The molecule has 0 saturated carbocycles. The first kappa shape index (κ1) is 14.7. The van der Waals surface area contributed by atoms with E-state index >= 15 is 0 Å². The summed E-state index contributed by atoms with van der Waals surface area (Å²) in [6.07, 6.45) is 0.466. The molecule has 6 heteroatoms. The Morgan fingerprint density at radius 3 is 2.67 bits per heavy atom. The standard InChI is InChI=1S/C21H16N4O2/c1-21-17-13(11-6-2-4-8-14(11)22-17)10-16(18(26)24-21)25-19(27)12-7-3-5-9-15(12)23-20(21)25/h2-9,16,22H,10H2,1H3,(H,24,26)/t16-,21-/m1/s1. The number of hydrogen-bond donors (Lipinski definition) is 2. The highest BCUT2D eigenvalue weighted by Gasteiger charge is 2.49. The molecule has 27 heavy (non-hydrogen) atoms. The van der Waals surface area contributed by atoms with E-state index in [4.69, 9.17) is 4.98 Å². The first-order valence-electron chi connectivity index (χ1n) is 9.02. The number of fused-ring (bicyclic) bond motifs is 3. The number of carbonyl (C=O) groups excluding carboxylic acids is 1. The van der Waals surface area contributed by atoms with Crippen LogP contribution in [0.25, 0.3) is 21.8 Å². The summed E-state index contributed by atoms with van der Waals surface area (Å²) in [7, 11) is 0. The molecule has 0 fully saturated rings. The zero-order chi connectivity index (χ0) is 18.3. The van der Waals surface area contributed by atoms with Gasteiger partial charge in [0.15, 0.2) is 0 Å². The fourth-order valence-electron chi connectivity index (χ4n) is 4.68. The second-order valence-electron chi connectivity index (χ2n) is 7.49. The maximum atomic E-state index is 13.3. The Kier molecular flexibility index (Phi) is 2.54. The predicted octanol–water partition coefficient (Wildman–Crippen LogP) is 2.37. The summed E-state index contributed by atoms with van der Waals surface area (Å²) < 4.78 is 1.60. The van der Waals surface area contributed by atoms with Crippen LogP contribution in [0, 0.1) is 0 Å². The number of nitrogens with one attached hydrogen (secondary N) is 2. The monoisotopic (exact) mass is 356 g/mol. The van der Waals surface area contributed by atoms with Crippen molar-refractivity contribution in [1.82, 2.24) is 19.9 Å². The summed E-state index contributed by atoms with van der Waals surface area (Å²) in [5.41, 5.74) is 2.62. The number of aromatic amines is 1. The minimum absolute atomic E-state index is 0.141. The van der Waals surface area contributed by atoms with Gasteiger partial charge in [0, 0.05) is 17.3 Å². The van der Waals surface area contributed by atoms with E-state index in [1.807, 2.05) is 43.3 Å². The van der Waals surface area contributed by atoms with Crippen molar-refractivity contribution in [2.75, 3.05) is 0 Å². The van der Waals surface area contributed by atoms with E-state index in [2.05, 4.69) is 16.4 Å². The Morgan fingerprint density at radius 1 is 1.07 bits per heavy atom. The average Bonchev–Trinajstić information content (AvgIpc) is 2.96. The third kappa shape index (κ3) is 1.68. The molecule has 0 spiro atoms. The summed E-state index contributed by atoms with van der Waals surface area (Å²) >= 11 is 0. The summed E-state index contributed by atoms with van der Waals surface area (Å²) in [4.78, 5) is 34.5. The van der Waals surface area contributed by atoms with Crippen LogP contribution in [0.3, 0.4) is 0 Å². The zero-order valence-corrected chi connectivity index (χ0v) is 14.6. The van der Waals surface area contributed by atoms with Gasteiger partial charge in [0.2, 0.25) is 5.91 Å². The van der Waals surface area contributed by atoms with Crippen LogP contribution in [0.1, 0.15) is 30.0 Å². The predicted molar refractivity (Wildman–Crippen MR) is 102 cm³/mol. The zero-order valence-electron chi connectivity index (χ0n) is 14.6. The molecule has 0 saturated heterocycles. The lowest BCUT2D eigenvalue weighted by Gasteiger charge is -2.36. The number of nitrogens with zero attached hydrogens (tertiary/aromatic N) is 2. The van der Waals surface area contributed by atoms with Crippen LogP contribution in [-0.4, -0.2) is 20.4 Å². The van der Waals surface area contributed by atoms with Crippen LogP contribution < -0.4 is 10.9 Å². The van der Waals surface area contributed by atoms with E-state index < -0.39 is 11.6 Å². The third-order valence-corrected chi connectivity index (χ3v) is 5.95. The summed E-state index contributed by atoms with van der Waals surface area (Å²) in [6, 6.07) is 14.8. The molecule has 2 aromatic heterocycles. The minimum atomic E-state index is -0.887. The molecule has 4 aromatic rings. The van der Waals surface area contributed by atoms with Crippen LogP contribution in [0.4, 0.5) is 0 Å². The molecule has 3 aliphatic rings. The van der Waals surface area contributed by atoms with E-state index in [1.54, 1.807) is 10.6 Å². The number of carbonyl (C=O) groups is 1. The maximum Gasteiger partial charge on any atom is 0.262 e. The van der Waals surface area contributed by atoms with Crippen molar-refractivity contribution in [2.24, 2.45) is 0 Å². The topological polar surface area (TPSA) is 79.8 Å². The van der Waals surface area contributed by atoms with Gasteiger partial charge in [0.1, 0.15) is 17.4 Å². The molecule has 2 bridgehead atoms. The van der Waals surface area contributed by atoms with Crippen molar-refractivity contribution in [2.45, 2.75) is 24.9 Å². The molecule has 0 unspecified atom stereocenters. The number of hydrogen-bond acceptors (Lipinski definition) is 3. The second-order valence-corrected chi connectivity index (χ2v) is 7.49. The molecule has 2 N–H and O–H groups in total. The normalized spacial score (nSPS) is 23.1. The summed E-state index contributed by atoms with van der Waals surface area (Å²) in [5, 5.41) is 4.76. The number of para-hydroxylation sites is 2. The number of aromatic nitrogens is 3. The molecule has 1 amide bonds. The van der Waals surface area contributed by atoms with Crippen molar-refractivity contribution in [3.63, 3.8) is 0 Å². The fraction of sp³-hybridized carbons (Fsp3) is 0.190. The smallest absolute Gasteiger partial charge is 0.262 e. The van der Waals surface area contributed by atoms with Gasteiger partial charge >= 0.3 is 0 Å². The van der Waals surface area contributed by atoms with E-state index in [0.717, 1.165) is 22.2 Å². The Balaban J connectivity index is 1.79. The van der Waals surface area contributed by atoms with Gasteiger partial charge in [-0.05, 0) is 30.7 Å². The minimum Gasteiger partial charge on any atom is -0.356 e. The maximum absolute atomic E-state index is 13.3. The summed E-state index contributed by atoms with van der Waals surface area (Å²) in [6.45, 7) is 1.92. The number of amides is 1. The highest BCUT2D eigenvalue weighted by Crippen LogP contribution is 2.43. The van der Waals surface area contributed by atoms with Gasteiger partial charge < -0.3 is 10.3 Å². The van der Waals surface area contributed by atoms with E-state index in [1.165, 1.54) is 0 Å². The number of benzene rings is 2. The van der Waals surface area contributed by atoms with Gasteiger partial charge in [-0.3, -0.25) is 14.2 Å². The molecular formula is C21H16N4O2. The quantitative estimate of drug-likeness (QED) is 0.508. The van der Waals surface area contributed by atoms with Crippen molar-refractivity contribution >= 4 is 27.7 Å². The fourth-order valence-corrected chi connectivity index (χ4v) is 4.68. The Hall–Kier alpha value is -3.41. The van der Waals surface area contributed by atoms with Gasteiger partial charge in [-0.1, -0.05) is 30.3 Å². The second kappa shape index (κ2) is 4.65. The SMILES string of the molecule is C[C@@]12NC(=O)[C@@H](Cc3c1[nH]c1ccccc31)n1c2nc2ccccc2c1=O. The molecule has 5 heterocycles. The lowest BCUT2D eigenvalue weighted by molar-refractivity contribution is -0.127. The van der Waals surface area contributed by atoms with E-state index in [0.29, 0.717) is 23.1 Å². The van der Waals surface area contributed by atoms with Crippen LogP contribution >= 0.6 is 0 Å². The number of rotatable bonds is 0. The Labute approximate surface area is 153 Å². The Bertz CT molecular complexity index is 1350. The highest BCUT2D eigenvalue weighted by atomic mass is 16.2. The first-order chi connectivity index (χ1) is 13.1. The Morgan fingerprint density at radius 2 is 1.81 bits per heavy atom. The van der Waals surface area contributed by atoms with Crippen molar-refractivity contribution in [1.29, 1.82) is 0 Å². The van der Waals surface area contributed by atoms with Crippen LogP contribution in [0.5, 0.6) is 0 Å². The van der Waals surface area contributed by atoms with Crippen LogP contribution in [0.15, 0.2) is 53.3 Å². The molecule has 0 aliphatic carbocycles. The first-order valence-corrected chi connectivity index (χ1v) is 9.02. The average molecular weight is 356 g/mol. The summed E-state index contributed by atoms with van der Waals surface area (Å²) in [5.74, 6) is 0.443. The van der Waals surface area contributed by atoms with Gasteiger partial charge in [0.05, 0.1) is 16.6 Å².